The van der Waals surface area contributed by atoms with Crippen LogP contribution in [0.5, 0.6) is 0 Å². The Morgan fingerprint density at radius 1 is 1.28 bits per heavy atom. The molecule has 25 heavy (non-hydrogen) atoms. The number of allylic oxidation sites excluding steroid dienone is 5. The summed E-state index contributed by atoms with van der Waals surface area (Å²) in [5, 5.41) is 20.0. The predicted molar refractivity (Wildman–Crippen MR) is 101 cm³/mol. The number of nitrogens with zero attached hydrogens (tertiary/aromatic N) is 1. The van der Waals surface area contributed by atoms with Crippen LogP contribution in [0.2, 0.25) is 0 Å². The van der Waals surface area contributed by atoms with Gasteiger partial charge in [0.05, 0.1) is 11.3 Å². The molecule has 0 atom stereocenters. The van der Waals surface area contributed by atoms with Crippen molar-refractivity contribution in [3.05, 3.63) is 75.4 Å². The Labute approximate surface area is 149 Å². The van der Waals surface area contributed by atoms with Gasteiger partial charge in [-0.1, -0.05) is 18.2 Å². The fourth-order valence-electron chi connectivity index (χ4n) is 2.70. The Balaban J connectivity index is 2.06. The van der Waals surface area contributed by atoms with E-state index in [0.29, 0.717) is 5.71 Å². The molecule has 0 fully saturated rings. The molecule has 0 aliphatic heterocycles. The van der Waals surface area contributed by atoms with Crippen LogP contribution in [0.15, 0.2) is 54.3 Å². The molecule has 124 valence electrons. The van der Waals surface area contributed by atoms with Gasteiger partial charge < -0.3 is 10.7 Å². The molecular weight excluding hydrogens is 333 g/mol. The molecule has 1 aromatic heterocycles. The van der Waals surface area contributed by atoms with Gasteiger partial charge in [0.25, 0.3) is 0 Å². The fraction of sp³-hybridized carbons (Fsp3) is 0.100. The van der Waals surface area contributed by atoms with E-state index in [2.05, 4.69) is 5.32 Å². The third kappa shape index (κ3) is 3.30. The van der Waals surface area contributed by atoms with E-state index in [1.165, 1.54) is 12.1 Å². The molecule has 0 spiro atoms. The topological polar surface area (TPSA) is 59.7 Å². The zero-order valence-electron chi connectivity index (χ0n) is 13.9. The van der Waals surface area contributed by atoms with Crippen molar-refractivity contribution in [3.8, 4) is 17.2 Å². The van der Waals surface area contributed by atoms with Gasteiger partial charge in [-0.25, -0.2) is 4.39 Å². The molecule has 1 heterocycles. The highest BCUT2D eigenvalue weighted by Crippen LogP contribution is 2.38. The normalized spacial score (nSPS) is 15.2. The number of hydrogen-bond acceptors (Lipinski definition) is 4. The summed E-state index contributed by atoms with van der Waals surface area (Å²) in [6.45, 7) is 2.00. The first-order valence-electron chi connectivity index (χ1n) is 7.70. The van der Waals surface area contributed by atoms with Gasteiger partial charge in [-0.3, -0.25) is 0 Å². The molecule has 0 amide bonds. The van der Waals surface area contributed by atoms with Gasteiger partial charge in [-0.05, 0) is 42.3 Å². The molecule has 0 radical (unpaired) electrons. The lowest BCUT2D eigenvalue weighted by atomic mass is 9.95. The van der Waals surface area contributed by atoms with Crippen molar-refractivity contribution in [2.45, 2.75) is 6.92 Å². The summed E-state index contributed by atoms with van der Waals surface area (Å²) in [5.74, 6) is -0.519. The monoisotopic (exact) mass is 349 g/mol. The minimum atomic E-state index is -0.519. The quantitative estimate of drug-likeness (QED) is 0.835. The molecule has 0 unspecified atom stereocenters. The van der Waals surface area contributed by atoms with E-state index in [-0.39, 0.29) is 5.56 Å². The molecular formula is C20H16FN3S. The minimum absolute atomic E-state index is 0.0395. The lowest BCUT2D eigenvalue weighted by molar-refractivity contribution is 0.624. The van der Waals surface area contributed by atoms with Crippen molar-refractivity contribution in [1.29, 1.82) is 10.7 Å². The molecule has 3 nitrogen and oxygen atoms in total. The fourth-order valence-corrected chi connectivity index (χ4v) is 3.73. The Kier molecular flexibility index (Phi) is 4.64. The Hall–Kier alpha value is -2.97. The minimum Gasteiger partial charge on any atom is -0.393 e. The molecule has 3 rings (SSSR count). The summed E-state index contributed by atoms with van der Waals surface area (Å²) in [6.07, 6.45) is 7.46. The number of aryl methyl sites for hydroxylation is 1. The maximum Gasteiger partial charge on any atom is 0.141 e. The van der Waals surface area contributed by atoms with Crippen LogP contribution in [-0.4, -0.2) is 12.8 Å². The van der Waals surface area contributed by atoms with Gasteiger partial charge in [0.1, 0.15) is 11.9 Å². The van der Waals surface area contributed by atoms with E-state index in [1.54, 1.807) is 30.7 Å². The first kappa shape index (κ1) is 16.9. The van der Waals surface area contributed by atoms with E-state index in [1.807, 2.05) is 37.3 Å². The highest BCUT2D eigenvalue weighted by molar-refractivity contribution is 7.13. The number of benzene rings is 1. The Morgan fingerprint density at radius 2 is 2.08 bits per heavy atom. The van der Waals surface area contributed by atoms with Crippen molar-refractivity contribution in [2.75, 3.05) is 7.05 Å². The second-order valence-corrected chi connectivity index (χ2v) is 6.90. The van der Waals surface area contributed by atoms with Gasteiger partial charge in [-0.2, -0.15) is 5.26 Å². The summed E-state index contributed by atoms with van der Waals surface area (Å²) < 4.78 is 14.0. The molecule has 2 aromatic rings. The number of hydrogen-bond donors (Lipinski definition) is 2. The molecule has 1 aliphatic carbocycles. The smallest absolute Gasteiger partial charge is 0.141 e. The maximum absolute atomic E-state index is 14.0. The Morgan fingerprint density at radius 3 is 2.72 bits per heavy atom. The van der Waals surface area contributed by atoms with Crippen LogP contribution in [0.1, 0.15) is 15.3 Å². The number of rotatable bonds is 3. The van der Waals surface area contributed by atoms with Gasteiger partial charge in [0.2, 0.25) is 0 Å². The largest absolute Gasteiger partial charge is 0.393 e. The van der Waals surface area contributed by atoms with Gasteiger partial charge >= 0.3 is 0 Å². The van der Waals surface area contributed by atoms with Crippen LogP contribution in [-0.2, 0) is 0 Å². The van der Waals surface area contributed by atoms with Crippen LogP contribution in [0.25, 0.3) is 16.7 Å². The highest BCUT2D eigenvalue weighted by atomic mass is 32.1. The maximum atomic E-state index is 14.0. The van der Waals surface area contributed by atoms with E-state index in [4.69, 9.17) is 10.7 Å². The average molecular weight is 349 g/mol. The number of nitriles is 1. The first-order chi connectivity index (χ1) is 12.0. The van der Waals surface area contributed by atoms with E-state index >= 15 is 0 Å². The third-order valence-electron chi connectivity index (χ3n) is 3.87. The van der Waals surface area contributed by atoms with Crippen LogP contribution in [0.3, 0.4) is 0 Å². The van der Waals surface area contributed by atoms with Crippen molar-refractivity contribution in [3.63, 3.8) is 0 Å². The second kappa shape index (κ2) is 6.88. The van der Waals surface area contributed by atoms with Crippen molar-refractivity contribution in [2.24, 2.45) is 0 Å². The van der Waals surface area contributed by atoms with Crippen molar-refractivity contribution in [1.82, 2.24) is 5.32 Å². The number of thiophene rings is 1. The molecule has 1 aliphatic rings. The van der Waals surface area contributed by atoms with Crippen LogP contribution in [0.4, 0.5) is 4.39 Å². The van der Waals surface area contributed by atoms with E-state index < -0.39 is 5.82 Å². The van der Waals surface area contributed by atoms with Crippen molar-refractivity contribution < 1.29 is 4.39 Å². The summed E-state index contributed by atoms with van der Waals surface area (Å²) >= 11 is 1.61. The molecule has 0 saturated heterocycles. The third-order valence-corrected chi connectivity index (χ3v) is 4.97. The lowest BCUT2D eigenvalue weighted by Crippen LogP contribution is -2.05. The summed E-state index contributed by atoms with van der Waals surface area (Å²) in [6, 6.07) is 8.52. The van der Waals surface area contributed by atoms with Gasteiger partial charge in [0.15, 0.2) is 0 Å². The van der Waals surface area contributed by atoms with Crippen LogP contribution in [0, 0.1) is 29.5 Å². The molecule has 5 heteroatoms. The summed E-state index contributed by atoms with van der Waals surface area (Å²) in [5.41, 5.74) is 3.85. The second-order valence-electron chi connectivity index (χ2n) is 5.64. The molecule has 0 saturated carbocycles. The molecule has 1 aromatic carbocycles. The highest BCUT2D eigenvalue weighted by Gasteiger charge is 2.16. The zero-order valence-corrected chi connectivity index (χ0v) is 14.7. The zero-order chi connectivity index (χ0) is 18.0. The summed E-state index contributed by atoms with van der Waals surface area (Å²) in [4.78, 5) is 2.10. The summed E-state index contributed by atoms with van der Waals surface area (Å²) in [7, 11) is 1.80. The first-order valence-corrected chi connectivity index (χ1v) is 8.52. The standard InChI is InChI=1S/C20H16FN3S/c1-12-7-17(13-3-5-15(10-22)18(21)8-13)20(25-12)14-4-6-16(11-24-2)19(23)9-14/h3-9,11,23-24H,1-2H3/b16-11-,23-19?. The molecule has 2 N–H and O–H groups in total. The predicted octanol–water partition coefficient (Wildman–Crippen LogP) is 4.81. The SMILES string of the molecule is CN/C=C1/C=CC(c2sc(C)cc2-c2ccc(C#N)c(F)c2)=CC1=N. The Bertz CT molecular complexity index is 987. The number of halogens is 1. The average Bonchev–Trinajstić information content (AvgIpc) is 2.98. The van der Waals surface area contributed by atoms with E-state index in [0.717, 1.165) is 32.0 Å². The van der Waals surface area contributed by atoms with Gasteiger partial charge in [-0.15, -0.1) is 11.3 Å². The lowest BCUT2D eigenvalue weighted by Gasteiger charge is -2.12. The molecule has 0 bridgehead atoms. The van der Waals surface area contributed by atoms with Crippen LogP contribution < -0.4 is 5.32 Å². The van der Waals surface area contributed by atoms with Gasteiger partial charge in [0, 0.05) is 34.1 Å². The number of nitrogens with one attached hydrogen (secondary N) is 2. The van der Waals surface area contributed by atoms with E-state index in [9.17, 15) is 4.39 Å². The van der Waals surface area contributed by atoms with Crippen molar-refractivity contribution >= 4 is 22.6 Å². The van der Waals surface area contributed by atoms with Crippen LogP contribution >= 0.6 is 11.3 Å².